The van der Waals surface area contributed by atoms with Gasteiger partial charge >= 0.3 is 17.9 Å². The summed E-state index contributed by atoms with van der Waals surface area (Å²) in [6.07, 6.45) is 57.0. The first kappa shape index (κ1) is 53.6. The van der Waals surface area contributed by atoms with Crippen molar-refractivity contribution in [3.05, 3.63) is 85.1 Å². The molecule has 0 radical (unpaired) electrons. The smallest absolute Gasteiger partial charge is 0.306 e. The van der Waals surface area contributed by atoms with Crippen molar-refractivity contribution in [2.75, 3.05) is 13.2 Å². The molecule has 0 rings (SSSR count). The molecule has 0 aliphatic carbocycles. The SMILES string of the molecule is CC\C=C/C=C\C=C/C=C\CCCCCCCC(=O)OCC(COC(=O)CCCCCCC/C=C\CCCCC)OC(=O)CCCCCCC/C=C\C/C=C\CC. The number of hydrogen-bond acceptors (Lipinski definition) is 6. The molecule has 324 valence electrons. The Morgan fingerprint density at radius 2 is 0.772 bits per heavy atom. The maximum Gasteiger partial charge on any atom is 0.306 e. The maximum absolute atomic E-state index is 12.7. The van der Waals surface area contributed by atoms with E-state index in [2.05, 4.69) is 81.5 Å². The Morgan fingerprint density at radius 3 is 1.28 bits per heavy atom. The number of esters is 3. The summed E-state index contributed by atoms with van der Waals surface area (Å²) in [6.45, 7) is 6.30. The van der Waals surface area contributed by atoms with Crippen molar-refractivity contribution in [3.63, 3.8) is 0 Å². The lowest BCUT2D eigenvalue weighted by Gasteiger charge is -2.18. The van der Waals surface area contributed by atoms with Crippen LogP contribution >= 0.6 is 0 Å². The zero-order valence-electron chi connectivity index (χ0n) is 36.8. The first-order valence-electron chi connectivity index (χ1n) is 23.1. The van der Waals surface area contributed by atoms with Crippen LogP contribution in [0.4, 0.5) is 0 Å². The first-order valence-corrected chi connectivity index (χ1v) is 23.1. The van der Waals surface area contributed by atoms with E-state index in [1.54, 1.807) is 0 Å². The van der Waals surface area contributed by atoms with E-state index in [0.29, 0.717) is 19.3 Å². The summed E-state index contributed by atoms with van der Waals surface area (Å²) in [5.41, 5.74) is 0. The van der Waals surface area contributed by atoms with Gasteiger partial charge in [0.15, 0.2) is 6.10 Å². The van der Waals surface area contributed by atoms with Crippen LogP contribution in [0, 0.1) is 0 Å². The highest BCUT2D eigenvalue weighted by molar-refractivity contribution is 5.71. The lowest BCUT2D eigenvalue weighted by atomic mass is 10.1. The Kier molecular flexibility index (Phi) is 42.6. The zero-order chi connectivity index (χ0) is 41.5. The van der Waals surface area contributed by atoms with Gasteiger partial charge < -0.3 is 14.2 Å². The Bertz CT molecular complexity index is 1140. The third-order valence-electron chi connectivity index (χ3n) is 9.46. The highest BCUT2D eigenvalue weighted by atomic mass is 16.6. The van der Waals surface area contributed by atoms with Gasteiger partial charge in [0.25, 0.3) is 0 Å². The van der Waals surface area contributed by atoms with Crippen LogP contribution in [0.25, 0.3) is 0 Å². The lowest BCUT2D eigenvalue weighted by molar-refractivity contribution is -0.167. The standard InChI is InChI=1S/C51H84O6/c1-4-7-10-13-16-19-22-25-26-27-30-32-35-38-41-44-50(53)56-47-48(57-51(54)45-42-39-36-33-29-24-21-18-15-12-9-6-3)46-55-49(52)43-40-37-34-31-28-23-20-17-14-11-8-5-2/h7,9-10,12-13,16-22,25-26,48H,4-6,8,11,14-15,23-24,27-47H2,1-3H3/b10-7-,12-9-,16-13-,20-17-,21-18-,22-19-,26-25-. The Labute approximate surface area is 350 Å². The van der Waals surface area contributed by atoms with E-state index in [1.807, 2.05) is 24.3 Å². The van der Waals surface area contributed by atoms with Gasteiger partial charge in [-0.3, -0.25) is 14.4 Å². The average molecular weight is 793 g/mol. The minimum absolute atomic E-state index is 0.0958. The molecule has 0 saturated heterocycles. The molecule has 0 aromatic carbocycles. The summed E-state index contributed by atoms with van der Waals surface area (Å²) in [4.78, 5) is 37.8. The van der Waals surface area contributed by atoms with Crippen molar-refractivity contribution in [1.82, 2.24) is 0 Å². The van der Waals surface area contributed by atoms with Crippen molar-refractivity contribution in [3.8, 4) is 0 Å². The van der Waals surface area contributed by atoms with Gasteiger partial charge in [0.1, 0.15) is 13.2 Å². The van der Waals surface area contributed by atoms with E-state index in [-0.39, 0.29) is 31.1 Å². The molecule has 1 unspecified atom stereocenters. The van der Waals surface area contributed by atoms with Gasteiger partial charge in [-0.1, -0.05) is 176 Å². The number of unbranched alkanes of at least 4 members (excludes halogenated alkanes) is 18. The van der Waals surface area contributed by atoms with Gasteiger partial charge in [0.05, 0.1) is 0 Å². The molecule has 0 N–H and O–H groups in total. The zero-order valence-corrected chi connectivity index (χ0v) is 36.8. The molecule has 57 heavy (non-hydrogen) atoms. The predicted molar refractivity (Wildman–Crippen MR) is 242 cm³/mol. The van der Waals surface area contributed by atoms with Crippen LogP contribution in [0.5, 0.6) is 0 Å². The van der Waals surface area contributed by atoms with Gasteiger partial charge in [-0.2, -0.15) is 0 Å². The maximum atomic E-state index is 12.7. The Hall–Kier alpha value is -3.41. The van der Waals surface area contributed by atoms with Crippen LogP contribution in [0.1, 0.15) is 201 Å². The molecule has 0 amide bonds. The van der Waals surface area contributed by atoms with Crippen LogP contribution in [0.2, 0.25) is 0 Å². The fourth-order valence-electron chi connectivity index (χ4n) is 6.01. The molecule has 6 heteroatoms. The number of rotatable bonds is 40. The van der Waals surface area contributed by atoms with Crippen molar-refractivity contribution >= 4 is 17.9 Å². The summed E-state index contributed by atoms with van der Waals surface area (Å²) in [5.74, 6) is -0.951. The second-order valence-corrected chi connectivity index (χ2v) is 15.0. The Balaban J connectivity index is 4.46. The van der Waals surface area contributed by atoms with Crippen molar-refractivity contribution in [2.45, 2.75) is 207 Å². The number of ether oxygens (including phenoxy) is 3. The van der Waals surface area contributed by atoms with E-state index in [4.69, 9.17) is 14.2 Å². The molecule has 1 atom stereocenters. The molecule has 0 spiro atoms. The van der Waals surface area contributed by atoms with Crippen LogP contribution in [-0.4, -0.2) is 37.2 Å². The van der Waals surface area contributed by atoms with E-state index < -0.39 is 6.10 Å². The topological polar surface area (TPSA) is 78.9 Å². The molecule has 0 heterocycles. The number of hydrogen-bond donors (Lipinski definition) is 0. The van der Waals surface area contributed by atoms with Crippen molar-refractivity contribution in [1.29, 1.82) is 0 Å². The van der Waals surface area contributed by atoms with Gasteiger partial charge in [-0.25, -0.2) is 0 Å². The molecule has 0 saturated carbocycles. The fourth-order valence-corrected chi connectivity index (χ4v) is 6.01. The van der Waals surface area contributed by atoms with E-state index in [0.717, 1.165) is 128 Å². The van der Waals surface area contributed by atoms with Gasteiger partial charge in [-0.05, 0) is 89.9 Å². The molecular weight excluding hydrogens is 709 g/mol. The molecule has 0 aromatic rings. The van der Waals surface area contributed by atoms with Crippen LogP contribution in [0.15, 0.2) is 85.1 Å². The molecule has 6 nitrogen and oxygen atoms in total. The van der Waals surface area contributed by atoms with Crippen molar-refractivity contribution in [2.24, 2.45) is 0 Å². The highest BCUT2D eigenvalue weighted by Crippen LogP contribution is 2.13. The minimum atomic E-state index is -0.795. The van der Waals surface area contributed by atoms with Crippen LogP contribution in [-0.2, 0) is 28.6 Å². The molecule has 0 aliphatic heterocycles. The molecule has 0 fully saturated rings. The average Bonchev–Trinajstić information content (AvgIpc) is 3.21. The second kappa shape index (κ2) is 45.3. The van der Waals surface area contributed by atoms with E-state index in [1.165, 1.54) is 32.1 Å². The molecule has 0 aromatic heterocycles. The summed E-state index contributed by atoms with van der Waals surface area (Å²) in [6, 6.07) is 0. The third-order valence-corrected chi connectivity index (χ3v) is 9.46. The normalized spacial score (nSPS) is 12.8. The van der Waals surface area contributed by atoms with Gasteiger partial charge in [0.2, 0.25) is 0 Å². The second-order valence-electron chi connectivity index (χ2n) is 15.0. The minimum Gasteiger partial charge on any atom is -0.462 e. The summed E-state index contributed by atoms with van der Waals surface area (Å²) in [7, 11) is 0. The fraction of sp³-hybridized carbons (Fsp3) is 0.667. The van der Waals surface area contributed by atoms with Crippen molar-refractivity contribution < 1.29 is 28.6 Å². The van der Waals surface area contributed by atoms with Gasteiger partial charge in [-0.15, -0.1) is 0 Å². The number of allylic oxidation sites excluding steroid dienone is 14. The van der Waals surface area contributed by atoms with Crippen LogP contribution in [0.3, 0.4) is 0 Å². The van der Waals surface area contributed by atoms with Gasteiger partial charge in [0, 0.05) is 19.3 Å². The largest absolute Gasteiger partial charge is 0.462 e. The first-order chi connectivity index (χ1) is 28.0. The molecule has 0 bridgehead atoms. The predicted octanol–water partition coefficient (Wildman–Crippen LogP) is 14.9. The quantitative estimate of drug-likeness (QED) is 0.0202. The summed E-state index contributed by atoms with van der Waals surface area (Å²) < 4.78 is 16.7. The van der Waals surface area contributed by atoms with E-state index in [9.17, 15) is 14.4 Å². The highest BCUT2D eigenvalue weighted by Gasteiger charge is 2.19. The van der Waals surface area contributed by atoms with Crippen LogP contribution < -0.4 is 0 Å². The monoisotopic (exact) mass is 793 g/mol. The van der Waals surface area contributed by atoms with E-state index >= 15 is 0 Å². The Morgan fingerprint density at radius 1 is 0.386 bits per heavy atom. The number of carbonyl (C=O) groups excluding carboxylic acids is 3. The molecular formula is C51H84O6. The summed E-state index contributed by atoms with van der Waals surface area (Å²) >= 11 is 0. The summed E-state index contributed by atoms with van der Waals surface area (Å²) in [5, 5.41) is 0. The molecule has 0 aliphatic rings. The lowest BCUT2D eigenvalue weighted by Crippen LogP contribution is -2.30. The number of carbonyl (C=O) groups is 3. The third kappa shape index (κ3) is 43.6.